The minimum atomic E-state index is 0.587. The zero-order chi connectivity index (χ0) is 9.03. The first kappa shape index (κ1) is 10.4. The van der Waals surface area contributed by atoms with Gasteiger partial charge in [-0.1, -0.05) is 13.8 Å². The normalized spacial score (nSPS) is 20.0. The summed E-state index contributed by atoms with van der Waals surface area (Å²) in [6, 6.07) is 0. The largest absolute Gasteiger partial charge is 0.330 e. The molecule has 0 heterocycles. The Morgan fingerprint density at radius 3 is 2.50 bits per heavy atom. The summed E-state index contributed by atoms with van der Waals surface area (Å²) >= 11 is 2.09. The Morgan fingerprint density at radius 2 is 2.08 bits per heavy atom. The van der Waals surface area contributed by atoms with Crippen molar-refractivity contribution in [3.63, 3.8) is 0 Å². The summed E-state index contributed by atoms with van der Waals surface area (Å²) in [6.07, 6.45) is 4.11. The van der Waals surface area contributed by atoms with Crippen molar-refractivity contribution in [2.75, 3.05) is 18.1 Å². The minimum Gasteiger partial charge on any atom is -0.330 e. The van der Waals surface area contributed by atoms with Crippen molar-refractivity contribution in [2.24, 2.45) is 17.1 Å². The molecule has 0 saturated heterocycles. The third kappa shape index (κ3) is 3.36. The van der Waals surface area contributed by atoms with E-state index in [-0.39, 0.29) is 0 Å². The maximum absolute atomic E-state index is 5.70. The van der Waals surface area contributed by atoms with Crippen LogP contribution in [0.3, 0.4) is 0 Å². The second kappa shape index (κ2) is 4.52. The fraction of sp³-hybridized carbons (Fsp3) is 1.00. The molecule has 1 rings (SSSR count). The maximum Gasteiger partial charge on any atom is -0.00202 e. The van der Waals surface area contributed by atoms with E-state index in [9.17, 15) is 0 Å². The molecule has 1 saturated carbocycles. The summed E-state index contributed by atoms with van der Waals surface area (Å²) in [5, 5.41) is 0. The first-order valence-corrected chi connectivity index (χ1v) is 6.12. The van der Waals surface area contributed by atoms with Crippen molar-refractivity contribution in [3.05, 3.63) is 0 Å². The molecule has 0 aromatic rings. The lowest BCUT2D eigenvalue weighted by molar-refractivity contribution is 0.509. The van der Waals surface area contributed by atoms with Crippen LogP contribution in [0.1, 0.15) is 33.1 Å². The Labute approximate surface area is 80.5 Å². The predicted octanol–water partition coefficient (Wildman–Crippen LogP) is 2.50. The molecule has 0 spiro atoms. The topological polar surface area (TPSA) is 26.0 Å². The zero-order valence-corrected chi connectivity index (χ0v) is 9.12. The molecule has 0 unspecified atom stereocenters. The quantitative estimate of drug-likeness (QED) is 0.647. The molecular formula is C10H21NS. The predicted molar refractivity (Wildman–Crippen MR) is 57.5 cm³/mol. The van der Waals surface area contributed by atoms with Gasteiger partial charge in [-0.15, -0.1) is 0 Å². The molecule has 1 aliphatic rings. The van der Waals surface area contributed by atoms with Gasteiger partial charge in [0.25, 0.3) is 0 Å². The van der Waals surface area contributed by atoms with Crippen molar-refractivity contribution in [2.45, 2.75) is 33.1 Å². The van der Waals surface area contributed by atoms with Gasteiger partial charge in [-0.05, 0) is 48.6 Å². The molecule has 12 heavy (non-hydrogen) atoms. The summed E-state index contributed by atoms with van der Waals surface area (Å²) in [6.45, 7) is 5.47. The van der Waals surface area contributed by atoms with Crippen LogP contribution in [-0.4, -0.2) is 18.1 Å². The summed E-state index contributed by atoms with van der Waals surface area (Å²) in [5.74, 6) is 3.46. The fourth-order valence-corrected chi connectivity index (χ4v) is 2.56. The molecule has 1 aliphatic carbocycles. The molecular weight excluding hydrogens is 166 g/mol. The van der Waals surface area contributed by atoms with Crippen LogP contribution in [0.15, 0.2) is 0 Å². The Bertz CT molecular complexity index is 130. The van der Waals surface area contributed by atoms with Crippen LogP contribution in [0.4, 0.5) is 0 Å². The Balaban J connectivity index is 1.95. The molecule has 72 valence electrons. The van der Waals surface area contributed by atoms with Crippen LogP contribution in [0, 0.1) is 11.3 Å². The number of nitrogens with two attached hydrogens (primary N) is 1. The van der Waals surface area contributed by atoms with Gasteiger partial charge in [-0.2, -0.15) is 11.8 Å². The van der Waals surface area contributed by atoms with E-state index in [2.05, 4.69) is 25.6 Å². The van der Waals surface area contributed by atoms with Crippen molar-refractivity contribution in [1.82, 2.24) is 0 Å². The van der Waals surface area contributed by atoms with Gasteiger partial charge >= 0.3 is 0 Å². The van der Waals surface area contributed by atoms with Crippen molar-refractivity contribution in [3.8, 4) is 0 Å². The molecule has 2 N–H and O–H groups in total. The van der Waals surface area contributed by atoms with Crippen LogP contribution in [0.25, 0.3) is 0 Å². The molecule has 0 atom stereocenters. The lowest BCUT2D eigenvalue weighted by Gasteiger charge is -2.11. The monoisotopic (exact) mass is 187 g/mol. The number of rotatable bonds is 6. The molecule has 2 heteroatoms. The third-order valence-corrected chi connectivity index (χ3v) is 4.01. The van der Waals surface area contributed by atoms with Gasteiger partial charge in [0.05, 0.1) is 0 Å². The second-order valence-electron chi connectivity index (χ2n) is 4.42. The van der Waals surface area contributed by atoms with Crippen LogP contribution < -0.4 is 5.73 Å². The van der Waals surface area contributed by atoms with Crippen molar-refractivity contribution >= 4 is 11.8 Å². The van der Waals surface area contributed by atoms with Crippen LogP contribution >= 0.6 is 11.8 Å². The highest BCUT2D eigenvalue weighted by Gasteiger charge is 2.40. The first-order valence-electron chi connectivity index (χ1n) is 4.96. The van der Waals surface area contributed by atoms with E-state index in [0.29, 0.717) is 5.41 Å². The summed E-state index contributed by atoms with van der Waals surface area (Å²) in [7, 11) is 0. The van der Waals surface area contributed by atoms with Gasteiger partial charge in [0.2, 0.25) is 0 Å². The first-order chi connectivity index (χ1) is 5.68. The highest BCUT2D eigenvalue weighted by molar-refractivity contribution is 7.99. The molecule has 0 radical (unpaired) electrons. The van der Waals surface area contributed by atoms with E-state index >= 15 is 0 Å². The van der Waals surface area contributed by atoms with Crippen LogP contribution in [0.5, 0.6) is 0 Å². The standard InChI is InChI=1S/C10H21NS/c1-9(2)7-12-6-5-10(8-11)3-4-10/h9H,3-8,11H2,1-2H3. The van der Waals surface area contributed by atoms with Crippen LogP contribution in [0.2, 0.25) is 0 Å². The Morgan fingerprint density at radius 1 is 1.42 bits per heavy atom. The number of hydrogen-bond acceptors (Lipinski definition) is 2. The lowest BCUT2D eigenvalue weighted by Crippen LogP contribution is -2.16. The summed E-state index contributed by atoms with van der Waals surface area (Å²) in [4.78, 5) is 0. The van der Waals surface area contributed by atoms with Crippen LogP contribution in [-0.2, 0) is 0 Å². The van der Waals surface area contributed by atoms with Gasteiger partial charge in [-0.25, -0.2) is 0 Å². The molecule has 1 nitrogen and oxygen atoms in total. The Hall–Kier alpha value is 0.310. The smallest absolute Gasteiger partial charge is 0.00202 e. The molecule has 1 fully saturated rings. The molecule has 0 amide bonds. The highest BCUT2D eigenvalue weighted by atomic mass is 32.2. The van der Waals surface area contributed by atoms with Gasteiger partial charge in [-0.3, -0.25) is 0 Å². The van der Waals surface area contributed by atoms with Crippen molar-refractivity contribution < 1.29 is 0 Å². The third-order valence-electron chi connectivity index (χ3n) is 2.62. The molecule has 0 aromatic heterocycles. The molecule has 0 bridgehead atoms. The summed E-state index contributed by atoms with van der Waals surface area (Å²) < 4.78 is 0. The van der Waals surface area contributed by atoms with Gasteiger partial charge in [0.15, 0.2) is 0 Å². The average molecular weight is 187 g/mol. The van der Waals surface area contributed by atoms with E-state index in [1.54, 1.807) is 0 Å². The SMILES string of the molecule is CC(C)CSCCC1(CN)CC1. The highest BCUT2D eigenvalue weighted by Crippen LogP contribution is 2.48. The van der Waals surface area contributed by atoms with Gasteiger partial charge in [0, 0.05) is 0 Å². The lowest BCUT2D eigenvalue weighted by atomic mass is 10.1. The average Bonchev–Trinajstić information content (AvgIpc) is 2.79. The van der Waals surface area contributed by atoms with Crippen molar-refractivity contribution in [1.29, 1.82) is 0 Å². The Kier molecular flexibility index (Phi) is 3.91. The minimum absolute atomic E-state index is 0.587. The van der Waals surface area contributed by atoms with E-state index < -0.39 is 0 Å². The number of hydrogen-bond donors (Lipinski definition) is 1. The van der Waals surface area contributed by atoms with Gasteiger partial charge in [0.1, 0.15) is 0 Å². The zero-order valence-electron chi connectivity index (χ0n) is 8.31. The second-order valence-corrected chi connectivity index (χ2v) is 5.57. The molecule has 0 aromatic carbocycles. The van der Waals surface area contributed by atoms with Gasteiger partial charge < -0.3 is 5.73 Å². The number of thioether (sulfide) groups is 1. The van der Waals surface area contributed by atoms with E-state index in [4.69, 9.17) is 5.73 Å². The maximum atomic E-state index is 5.70. The molecule has 0 aliphatic heterocycles. The van der Waals surface area contributed by atoms with E-state index in [1.807, 2.05) is 0 Å². The van der Waals surface area contributed by atoms with E-state index in [0.717, 1.165) is 12.5 Å². The van der Waals surface area contributed by atoms with E-state index in [1.165, 1.54) is 30.8 Å². The summed E-state index contributed by atoms with van der Waals surface area (Å²) in [5.41, 5.74) is 6.29. The fourth-order valence-electron chi connectivity index (χ4n) is 1.34.